The van der Waals surface area contributed by atoms with Crippen molar-refractivity contribution in [1.82, 2.24) is 5.32 Å². The van der Waals surface area contributed by atoms with Crippen molar-refractivity contribution in [2.24, 2.45) is 11.8 Å². The minimum atomic E-state index is -4.43. The van der Waals surface area contributed by atoms with Crippen LogP contribution >= 0.6 is 11.6 Å². The van der Waals surface area contributed by atoms with Gasteiger partial charge in [-0.05, 0) is 42.3 Å². The van der Waals surface area contributed by atoms with Gasteiger partial charge in [-0.3, -0.25) is 9.59 Å². The number of anilines is 1. The highest BCUT2D eigenvalue weighted by Gasteiger charge is 2.48. The van der Waals surface area contributed by atoms with Gasteiger partial charge < -0.3 is 10.6 Å². The summed E-state index contributed by atoms with van der Waals surface area (Å²) in [5.74, 6) is -1.56. The van der Waals surface area contributed by atoms with Gasteiger partial charge in [0.25, 0.3) is 0 Å². The number of nitrogens with one attached hydrogen (secondary N) is 2. The molecule has 1 fully saturated rings. The minimum Gasteiger partial charge on any atom is -0.352 e. The monoisotopic (exact) mass is 396 g/mol. The van der Waals surface area contributed by atoms with Gasteiger partial charge in [-0.25, -0.2) is 0 Å². The Morgan fingerprint density at radius 2 is 1.63 bits per heavy atom. The Labute approximate surface area is 158 Å². The normalized spacial score (nSPS) is 18.7. The predicted octanol–water partition coefficient (Wildman–Crippen LogP) is 4.25. The van der Waals surface area contributed by atoms with Crippen LogP contribution in [0.15, 0.2) is 48.5 Å². The number of hydrogen-bond acceptors (Lipinski definition) is 2. The van der Waals surface area contributed by atoms with Crippen molar-refractivity contribution in [2.45, 2.75) is 19.1 Å². The second-order valence-corrected chi connectivity index (χ2v) is 6.73. The number of carbonyl (C=O) groups is 2. The molecule has 142 valence electrons. The second kappa shape index (κ2) is 7.60. The van der Waals surface area contributed by atoms with Crippen molar-refractivity contribution < 1.29 is 22.8 Å². The van der Waals surface area contributed by atoms with E-state index in [1.165, 1.54) is 12.1 Å². The van der Waals surface area contributed by atoms with Gasteiger partial charge in [-0.15, -0.1) is 0 Å². The van der Waals surface area contributed by atoms with E-state index in [1.54, 1.807) is 18.2 Å². The van der Waals surface area contributed by atoms with Crippen LogP contribution < -0.4 is 10.6 Å². The third-order valence-corrected chi connectivity index (χ3v) is 4.72. The molecule has 1 saturated carbocycles. The summed E-state index contributed by atoms with van der Waals surface area (Å²) >= 11 is 6.03. The number of amides is 2. The van der Waals surface area contributed by atoms with Crippen molar-refractivity contribution in [1.29, 1.82) is 0 Å². The zero-order valence-corrected chi connectivity index (χ0v) is 14.8. The van der Waals surface area contributed by atoms with Crippen molar-refractivity contribution >= 4 is 29.1 Å². The molecule has 3 rings (SSSR count). The molecule has 2 N–H and O–H groups in total. The molecule has 0 aliphatic heterocycles. The molecule has 2 aromatic rings. The first-order valence-electron chi connectivity index (χ1n) is 8.25. The van der Waals surface area contributed by atoms with Gasteiger partial charge in [0, 0.05) is 17.3 Å². The van der Waals surface area contributed by atoms with E-state index in [9.17, 15) is 22.8 Å². The molecule has 0 radical (unpaired) electrons. The molecular formula is C19H16ClF3N2O2. The zero-order valence-electron chi connectivity index (χ0n) is 14.0. The summed E-state index contributed by atoms with van der Waals surface area (Å²) in [6.07, 6.45) is -4.02. The van der Waals surface area contributed by atoms with Crippen LogP contribution in [0, 0.1) is 11.8 Å². The number of carbonyl (C=O) groups excluding carboxylic acids is 2. The van der Waals surface area contributed by atoms with Crippen LogP contribution in [0.25, 0.3) is 0 Å². The van der Waals surface area contributed by atoms with Crippen LogP contribution in [0.4, 0.5) is 18.9 Å². The van der Waals surface area contributed by atoms with Crippen LogP contribution in [0.2, 0.25) is 5.02 Å². The van der Waals surface area contributed by atoms with E-state index >= 15 is 0 Å². The smallest absolute Gasteiger partial charge is 0.352 e. The van der Waals surface area contributed by atoms with Crippen LogP contribution in [-0.4, -0.2) is 11.8 Å². The molecule has 8 heteroatoms. The number of halogens is 4. The Morgan fingerprint density at radius 1 is 1.00 bits per heavy atom. The van der Waals surface area contributed by atoms with E-state index in [0.29, 0.717) is 11.4 Å². The quantitative estimate of drug-likeness (QED) is 0.793. The standard InChI is InChI=1S/C19H16ClF3N2O2/c20-16-4-2-1-3-11(16)10-24-17(26)14-9-15(14)18(27)25-13-7-5-12(6-8-13)19(21,22)23/h1-8,14-15H,9-10H2,(H,24,26)(H,25,27). The highest BCUT2D eigenvalue weighted by atomic mass is 35.5. The maximum absolute atomic E-state index is 12.5. The van der Waals surface area contributed by atoms with E-state index in [4.69, 9.17) is 11.6 Å². The molecule has 2 amide bonds. The van der Waals surface area contributed by atoms with E-state index in [0.717, 1.165) is 17.7 Å². The maximum atomic E-state index is 12.5. The fraction of sp³-hybridized carbons (Fsp3) is 0.263. The predicted molar refractivity (Wildman–Crippen MR) is 95.0 cm³/mol. The highest BCUT2D eigenvalue weighted by molar-refractivity contribution is 6.31. The Morgan fingerprint density at radius 3 is 2.26 bits per heavy atom. The number of hydrogen-bond donors (Lipinski definition) is 2. The third-order valence-electron chi connectivity index (χ3n) is 4.35. The van der Waals surface area contributed by atoms with Gasteiger partial charge in [0.2, 0.25) is 11.8 Å². The van der Waals surface area contributed by atoms with Crippen LogP contribution in [0.5, 0.6) is 0 Å². The number of alkyl halides is 3. The highest BCUT2D eigenvalue weighted by Crippen LogP contribution is 2.39. The summed E-state index contributed by atoms with van der Waals surface area (Å²) < 4.78 is 37.6. The molecule has 1 aliphatic rings. The van der Waals surface area contributed by atoms with Gasteiger partial charge in [0.1, 0.15) is 0 Å². The lowest BCUT2D eigenvalue weighted by Crippen LogP contribution is -2.27. The molecule has 27 heavy (non-hydrogen) atoms. The van der Waals surface area contributed by atoms with Crippen LogP contribution in [0.1, 0.15) is 17.5 Å². The lowest BCUT2D eigenvalue weighted by molar-refractivity contribution is -0.137. The van der Waals surface area contributed by atoms with Gasteiger partial charge in [-0.1, -0.05) is 29.8 Å². The third kappa shape index (κ3) is 4.80. The van der Waals surface area contributed by atoms with E-state index in [1.807, 2.05) is 6.07 Å². The molecule has 2 unspecified atom stereocenters. The number of benzene rings is 2. The SMILES string of the molecule is O=C(NCc1ccccc1Cl)C1CC1C(=O)Nc1ccc(C(F)(F)F)cc1. The summed E-state index contributed by atoms with van der Waals surface area (Å²) in [5, 5.41) is 5.84. The molecule has 0 spiro atoms. The van der Waals surface area contributed by atoms with Crippen molar-refractivity contribution in [2.75, 3.05) is 5.32 Å². The Balaban J connectivity index is 1.50. The van der Waals surface area contributed by atoms with Crippen molar-refractivity contribution in [3.63, 3.8) is 0 Å². The maximum Gasteiger partial charge on any atom is 0.416 e. The Hall–Kier alpha value is -2.54. The topological polar surface area (TPSA) is 58.2 Å². The number of rotatable bonds is 5. The molecule has 0 aromatic heterocycles. The Bertz CT molecular complexity index is 853. The van der Waals surface area contributed by atoms with E-state index in [2.05, 4.69) is 10.6 Å². The summed E-state index contributed by atoms with van der Waals surface area (Å²) in [5.41, 5.74) is 0.248. The summed E-state index contributed by atoms with van der Waals surface area (Å²) in [6, 6.07) is 11.3. The first-order valence-corrected chi connectivity index (χ1v) is 8.63. The van der Waals surface area contributed by atoms with Crippen LogP contribution in [0.3, 0.4) is 0 Å². The minimum absolute atomic E-state index is 0.248. The van der Waals surface area contributed by atoms with Gasteiger partial charge in [-0.2, -0.15) is 13.2 Å². The lowest BCUT2D eigenvalue weighted by Gasteiger charge is -2.09. The van der Waals surface area contributed by atoms with Crippen LogP contribution in [-0.2, 0) is 22.3 Å². The van der Waals surface area contributed by atoms with Gasteiger partial charge in [0.15, 0.2) is 0 Å². The fourth-order valence-corrected chi connectivity index (χ4v) is 2.91. The van der Waals surface area contributed by atoms with Gasteiger partial charge in [0.05, 0.1) is 17.4 Å². The Kier molecular flexibility index (Phi) is 5.41. The zero-order chi connectivity index (χ0) is 19.6. The molecular weight excluding hydrogens is 381 g/mol. The summed E-state index contributed by atoms with van der Waals surface area (Å²) in [6.45, 7) is 0.266. The summed E-state index contributed by atoms with van der Waals surface area (Å²) in [7, 11) is 0. The first-order chi connectivity index (χ1) is 12.8. The molecule has 1 aliphatic carbocycles. The largest absolute Gasteiger partial charge is 0.416 e. The van der Waals surface area contributed by atoms with Crippen molar-refractivity contribution in [3.8, 4) is 0 Å². The van der Waals surface area contributed by atoms with E-state index < -0.39 is 23.6 Å². The first kappa shape index (κ1) is 19.2. The fourth-order valence-electron chi connectivity index (χ4n) is 2.71. The summed E-state index contributed by atoms with van der Waals surface area (Å²) in [4.78, 5) is 24.3. The average molecular weight is 397 g/mol. The van der Waals surface area contributed by atoms with Gasteiger partial charge >= 0.3 is 6.18 Å². The second-order valence-electron chi connectivity index (χ2n) is 6.32. The molecule has 0 bridgehead atoms. The molecule has 2 atom stereocenters. The molecule has 0 heterocycles. The van der Waals surface area contributed by atoms with E-state index in [-0.39, 0.29) is 24.0 Å². The molecule has 0 saturated heterocycles. The van der Waals surface area contributed by atoms with Crippen molar-refractivity contribution in [3.05, 3.63) is 64.7 Å². The molecule has 4 nitrogen and oxygen atoms in total. The molecule has 2 aromatic carbocycles. The lowest BCUT2D eigenvalue weighted by atomic mass is 10.2. The average Bonchev–Trinajstić information content (AvgIpc) is 3.41.